The summed E-state index contributed by atoms with van der Waals surface area (Å²) in [6.07, 6.45) is 7.20. The zero-order valence-corrected chi connectivity index (χ0v) is 16.4. The molecule has 0 radical (unpaired) electrons. The van der Waals surface area contributed by atoms with E-state index < -0.39 is 0 Å². The van der Waals surface area contributed by atoms with E-state index in [1.165, 1.54) is 0 Å². The summed E-state index contributed by atoms with van der Waals surface area (Å²) in [4.78, 5) is 33.2. The lowest BCUT2D eigenvalue weighted by atomic mass is 9.98. The molecule has 0 aliphatic carbocycles. The van der Waals surface area contributed by atoms with E-state index in [2.05, 4.69) is 15.3 Å². The lowest BCUT2D eigenvalue weighted by Gasteiger charge is -2.35. The average Bonchev–Trinajstić information content (AvgIpc) is 3.27. The molecule has 0 bridgehead atoms. The maximum Gasteiger partial charge on any atom is 0.276 e. The molecule has 4 rings (SSSR count). The van der Waals surface area contributed by atoms with Crippen LogP contribution in [0.2, 0.25) is 0 Å². The lowest BCUT2D eigenvalue weighted by molar-refractivity contribution is 0.0299. The van der Waals surface area contributed by atoms with E-state index in [1.54, 1.807) is 28.0 Å². The van der Waals surface area contributed by atoms with Gasteiger partial charge in [-0.25, -0.2) is 0 Å². The van der Waals surface area contributed by atoms with E-state index in [4.69, 9.17) is 4.74 Å². The third-order valence-corrected chi connectivity index (χ3v) is 5.52. The number of hydrogen-bond acceptors (Lipinski definition) is 6. The number of morpholine rings is 1. The second kappa shape index (κ2) is 9.13. The van der Waals surface area contributed by atoms with Crippen LogP contribution in [-0.2, 0) is 11.3 Å². The number of carbonyl (C=O) groups excluding carboxylic acids is 2. The molecule has 2 aromatic rings. The third kappa shape index (κ3) is 4.61. The second-order valence-corrected chi connectivity index (χ2v) is 7.42. The smallest absolute Gasteiger partial charge is 0.276 e. The summed E-state index contributed by atoms with van der Waals surface area (Å²) >= 11 is 0. The van der Waals surface area contributed by atoms with Crippen molar-refractivity contribution in [2.24, 2.45) is 0 Å². The quantitative estimate of drug-likeness (QED) is 0.752. The Hall–Kier alpha value is -2.81. The maximum absolute atomic E-state index is 12.9. The minimum absolute atomic E-state index is 0.0166. The lowest BCUT2D eigenvalue weighted by Crippen LogP contribution is -2.44. The van der Waals surface area contributed by atoms with Crippen molar-refractivity contribution in [2.75, 3.05) is 32.8 Å². The maximum atomic E-state index is 12.9. The van der Waals surface area contributed by atoms with Gasteiger partial charge in [0, 0.05) is 38.4 Å². The monoisotopic (exact) mass is 398 g/mol. The molecule has 9 nitrogen and oxygen atoms in total. The number of rotatable bonds is 5. The summed E-state index contributed by atoms with van der Waals surface area (Å²) in [7, 11) is 0. The van der Waals surface area contributed by atoms with Gasteiger partial charge >= 0.3 is 0 Å². The van der Waals surface area contributed by atoms with Crippen molar-refractivity contribution < 1.29 is 14.3 Å². The van der Waals surface area contributed by atoms with Crippen LogP contribution in [0.1, 0.15) is 46.7 Å². The summed E-state index contributed by atoms with van der Waals surface area (Å²) in [5.41, 5.74) is 0.843. The molecule has 0 aromatic carbocycles. The molecule has 1 unspecified atom stereocenters. The number of pyridine rings is 1. The topological polar surface area (TPSA) is 93.5 Å². The summed E-state index contributed by atoms with van der Waals surface area (Å²) in [6.45, 7) is 3.64. The number of aromatic nitrogens is 4. The zero-order valence-electron chi connectivity index (χ0n) is 16.4. The van der Waals surface area contributed by atoms with E-state index in [0.29, 0.717) is 44.2 Å². The van der Waals surface area contributed by atoms with Gasteiger partial charge in [0.05, 0.1) is 19.4 Å². The minimum atomic E-state index is -0.107. The fraction of sp³-hybridized carbons (Fsp3) is 0.550. The Morgan fingerprint density at radius 2 is 1.93 bits per heavy atom. The molecule has 2 aromatic heterocycles. The fourth-order valence-electron chi connectivity index (χ4n) is 3.92. The molecule has 29 heavy (non-hydrogen) atoms. The first-order valence-electron chi connectivity index (χ1n) is 10.2. The van der Waals surface area contributed by atoms with Crippen LogP contribution < -0.4 is 0 Å². The number of hydrogen-bond donors (Lipinski definition) is 0. The minimum Gasteiger partial charge on any atom is -0.378 e. The third-order valence-electron chi connectivity index (χ3n) is 5.52. The van der Waals surface area contributed by atoms with Gasteiger partial charge in [0.25, 0.3) is 11.8 Å². The van der Waals surface area contributed by atoms with Gasteiger partial charge in [0.2, 0.25) is 0 Å². The molecular weight excluding hydrogens is 372 g/mol. The first kappa shape index (κ1) is 19.5. The molecule has 0 saturated carbocycles. The highest BCUT2D eigenvalue weighted by atomic mass is 16.5. The van der Waals surface area contributed by atoms with Gasteiger partial charge in [0.15, 0.2) is 5.69 Å². The molecule has 2 aliphatic rings. The van der Waals surface area contributed by atoms with E-state index >= 15 is 0 Å². The molecule has 9 heteroatoms. The van der Waals surface area contributed by atoms with Gasteiger partial charge in [-0.15, -0.1) is 5.10 Å². The molecule has 2 saturated heterocycles. The van der Waals surface area contributed by atoms with Crippen molar-refractivity contribution in [1.82, 2.24) is 29.8 Å². The Labute approximate surface area is 169 Å². The van der Waals surface area contributed by atoms with Crippen molar-refractivity contribution >= 4 is 11.8 Å². The van der Waals surface area contributed by atoms with Crippen molar-refractivity contribution in [3.05, 3.63) is 42.0 Å². The number of amides is 2. The van der Waals surface area contributed by atoms with Gasteiger partial charge in [0.1, 0.15) is 5.69 Å². The van der Waals surface area contributed by atoms with Crippen LogP contribution in [0, 0.1) is 0 Å². The molecule has 4 heterocycles. The Kier molecular flexibility index (Phi) is 6.14. The average molecular weight is 398 g/mol. The number of ether oxygens (including phenoxy) is 1. The van der Waals surface area contributed by atoms with Crippen molar-refractivity contribution in [2.45, 2.75) is 38.3 Å². The number of aryl methyl sites for hydroxylation is 1. The van der Waals surface area contributed by atoms with E-state index in [9.17, 15) is 9.59 Å². The normalized spacial score (nSPS) is 19.9. The summed E-state index contributed by atoms with van der Waals surface area (Å²) < 4.78 is 6.99. The number of piperidine rings is 1. The Morgan fingerprint density at radius 3 is 2.72 bits per heavy atom. The predicted octanol–water partition coefficient (Wildman–Crippen LogP) is 1.23. The standard InChI is InChI=1S/C20H26N6O3/c27-19(24-11-13-29-14-12-24)18-15-25(23-22-18)10-7-16-5-2-4-9-26(16)20(28)17-6-1-3-8-21-17/h1,3,6,8,15-16H,2,4-5,7,9-14H2. The molecule has 2 amide bonds. The van der Waals surface area contributed by atoms with Gasteiger partial charge < -0.3 is 14.5 Å². The zero-order chi connectivity index (χ0) is 20.1. The highest BCUT2D eigenvalue weighted by molar-refractivity contribution is 5.92. The molecule has 2 aliphatic heterocycles. The molecular formula is C20H26N6O3. The largest absolute Gasteiger partial charge is 0.378 e. The van der Waals surface area contributed by atoms with Crippen molar-refractivity contribution in [3.8, 4) is 0 Å². The van der Waals surface area contributed by atoms with E-state index in [0.717, 1.165) is 32.2 Å². The van der Waals surface area contributed by atoms with Crippen LogP contribution in [0.5, 0.6) is 0 Å². The Morgan fingerprint density at radius 1 is 1.07 bits per heavy atom. The van der Waals surface area contributed by atoms with Crippen molar-refractivity contribution in [1.29, 1.82) is 0 Å². The summed E-state index contributed by atoms with van der Waals surface area (Å²) in [5.74, 6) is -0.124. The van der Waals surface area contributed by atoms with E-state index in [-0.39, 0.29) is 17.9 Å². The number of likely N-dealkylation sites (tertiary alicyclic amines) is 1. The van der Waals surface area contributed by atoms with Crippen LogP contribution in [0.4, 0.5) is 0 Å². The molecule has 2 fully saturated rings. The van der Waals surface area contributed by atoms with Crippen LogP contribution >= 0.6 is 0 Å². The first-order chi connectivity index (χ1) is 14.2. The molecule has 1 atom stereocenters. The van der Waals surface area contributed by atoms with Gasteiger partial charge in [-0.1, -0.05) is 11.3 Å². The van der Waals surface area contributed by atoms with Crippen LogP contribution in [0.25, 0.3) is 0 Å². The Bertz CT molecular complexity index is 834. The van der Waals surface area contributed by atoms with Gasteiger partial charge in [-0.05, 0) is 37.8 Å². The van der Waals surface area contributed by atoms with Crippen LogP contribution in [-0.4, -0.2) is 80.5 Å². The first-order valence-corrected chi connectivity index (χ1v) is 10.2. The SMILES string of the molecule is O=C(c1cn(CCC2CCCCN2C(=O)c2ccccn2)nn1)N1CCOCC1. The highest BCUT2D eigenvalue weighted by Crippen LogP contribution is 2.22. The molecule has 0 N–H and O–H groups in total. The predicted molar refractivity (Wildman–Crippen MR) is 104 cm³/mol. The second-order valence-electron chi connectivity index (χ2n) is 7.42. The van der Waals surface area contributed by atoms with Gasteiger partial charge in [-0.2, -0.15) is 0 Å². The Balaban J connectivity index is 1.37. The van der Waals surface area contributed by atoms with Crippen LogP contribution in [0.15, 0.2) is 30.6 Å². The van der Waals surface area contributed by atoms with Crippen LogP contribution in [0.3, 0.4) is 0 Å². The number of nitrogens with zero attached hydrogens (tertiary/aromatic N) is 6. The molecule has 0 spiro atoms. The van der Waals surface area contributed by atoms with E-state index in [1.807, 2.05) is 17.0 Å². The summed E-state index contributed by atoms with van der Waals surface area (Å²) in [6, 6.07) is 5.54. The van der Waals surface area contributed by atoms with Crippen molar-refractivity contribution in [3.63, 3.8) is 0 Å². The molecule has 154 valence electrons. The summed E-state index contributed by atoms with van der Waals surface area (Å²) in [5, 5.41) is 8.16. The fourth-order valence-corrected chi connectivity index (χ4v) is 3.92. The number of carbonyl (C=O) groups is 2. The van der Waals surface area contributed by atoms with Gasteiger partial charge in [-0.3, -0.25) is 19.3 Å². The highest BCUT2D eigenvalue weighted by Gasteiger charge is 2.28.